The molecule has 0 unspecified atom stereocenters. The van der Waals surface area contributed by atoms with Crippen molar-refractivity contribution in [3.05, 3.63) is 59.7 Å². The summed E-state index contributed by atoms with van der Waals surface area (Å²) in [5.74, 6) is -1.25. The molecule has 2 aromatic carbocycles. The second-order valence-corrected chi connectivity index (χ2v) is 8.03. The number of benzene rings is 2. The zero-order chi connectivity index (χ0) is 19.3. The van der Waals surface area contributed by atoms with Gasteiger partial charge in [-0.15, -0.1) is 0 Å². The summed E-state index contributed by atoms with van der Waals surface area (Å²) in [5, 5.41) is 9.50. The Labute approximate surface area is 163 Å². The van der Waals surface area contributed by atoms with Crippen molar-refractivity contribution in [3.63, 3.8) is 0 Å². The minimum absolute atomic E-state index is 0.0223. The Bertz CT molecular complexity index is 894. The largest absolute Gasteiger partial charge is 0.481 e. The SMILES string of the molecule is O=C(O)[C@@H]1CC[C@@H]2CC[C@H]1N2C(=O)OCC1c2ccccc2-c2ccccc21. The first kappa shape index (κ1) is 17.3. The molecule has 2 aliphatic heterocycles. The fourth-order valence-corrected chi connectivity index (χ4v) is 5.40. The number of piperidine rings is 1. The molecule has 1 N–H and O–H groups in total. The molecular formula is C23H23NO4. The van der Waals surface area contributed by atoms with Crippen LogP contribution in [0.5, 0.6) is 0 Å². The van der Waals surface area contributed by atoms with Gasteiger partial charge in [-0.1, -0.05) is 48.5 Å². The summed E-state index contributed by atoms with van der Waals surface area (Å²) >= 11 is 0. The Hall–Kier alpha value is -2.82. The van der Waals surface area contributed by atoms with E-state index in [1.54, 1.807) is 4.90 Å². The molecule has 2 heterocycles. The van der Waals surface area contributed by atoms with Gasteiger partial charge in [-0.25, -0.2) is 4.79 Å². The maximum atomic E-state index is 12.9. The van der Waals surface area contributed by atoms with Crippen LogP contribution >= 0.6 is 0 Å². The smallest absolute Gasteiger partial charge is 0.410 e. The minimum atomic E-state index is -0.804. The molecule has 3 aliphatic rings. The summed E-state index contributed by atoms with van der Waals surface area (Å²) < 4.78 is 5.78. The summed E-state index contributed by atoms with van der Waals surface area (Å²) in [6.07, 6.45) is 2.67. The molecule has 144 valence electrons. The van der Waals surface area contributed by atoms with Crippen LogP contribution in [0.3, 0.4) is 0 Å². The number of nitrogens with zero attached hydrogens (tertiary/aromatic N) is 1. The summed E-state index contributed by atoms with van der Waals surface area (Å²) in [5.41, 5.74) is 4.76. The molecular weight excluding hydrogens is 354 g/mol. The molecule has 5 nitrogen and oxygen atoms in total. The van der Waals surface area contributed by atoms with E-state index in [0.29, 0.717) is 6.42 Å². The van der Waals surface area contributed by atoms with Gasteiger partial charge in [-0.2, -0.15) is 0 Å². The third-order valence-electron chi connectivity index (χ3n) is 6.69. The van der Waals surface area contributed by atoms with Gasteiger partial charge in [0.15, 0.2) is 0 Å². The summed E-state index contributed by atoms with van der Waals surface area (Å²) in [6, 6.07) is 16.4. The molecule has 0 radical (unpaired) electrons. The summed E-state index contributed by atoms with van der Waals surface area (Å²) in [4.78, 5) is 26.2. The lowest BCUT2D eigenvalue weighted by Crippen LogP contribution is -2.50. The zero-order valence-corrected chi connectivity index (χ0v) is 15.6. The highest BCUT2D eigenvalue weighted by Crippen LogP contribution is 2.45. The number of rotatable bonds is 3. The summed E-state index contributed by atoms with van der Waals surface area (Å²) in [6.45, 7) is 0.278. The van der Waals surface area contributed by atoms with Gasteiger partial charge >= 0.3 is 12.1 Å². The van der Waals surface area contributed by atoms with E-state index in [1.807, 2.05) is 24.3 Å². The first-order valence-electron chi connectivity index (χ1n) is 10.0. The van der Waals surface area contributed by atoms with Crippen molar-refractivity contribution >= 4 is 12.1 Å². The van der Waals surface area contributed by atoms with Gasteiger partial charge in [0.05, 0.1) is 5.92 Å². The van der Waals surface area contributed by atoms with Crippen molar-refractivity contribution in [3.8, 4) is 11.1 Å². The highest BCUT2D eigenvalue weighted by atomic mass is 16.6. The Morgan fingerprint density at radius 3 is 2.18 bits per heavy atom. The van der Waals surface area contributed by atoms with E-state index in [-0.39, 0.29) is 30.7 Å². The van der Waals surface area contributed by atoms with Crippen molar-refractivity contribution in [2.45, 2.75) is 43.7 Å². The van der Waals surface area contributed by atoms with E-state index < -0.39 is 11.9 Å². The average molecular weight is 377 g/mol. The number of aliphatic carboxylic acids is 1. The molecule has 1 amide bonds. The van der Waals surface area contributed by atoms with Crippen LogP contribution in [0, 0.1) is 5.92 Å². The van der Waals surface area contributed by atoms with Crippen molar-refractivity contribution in [1.82, 2.24) is 4.90 Å². The molecule has 0 spiro atoms. The molecule has 3 atom stereocenters. The maximum absolute atomic E-state index is 12.9. The van der Waals surface area contributed by atoms with Gasteiger partial charge in [0.25, 0.3) is 0 Å². The monoisotopic (exact) mass is 377 g/mol. The van der Waals surface area contributed by atoms with Crippen LogP contribution in [0.2, 0.25) is 0 Å². The fraction of sp³-hybridized carbons (Fsp3) is 0.391. The lowest BCUT2D eigenvalue weighted by atomic mass is 9.90. The maximum Gasteiger partial charge on any atom is 0.410 e. The predicted octanol–water partition coefficient (Wildman–Crippen LogP) is 4.26. The van der Waals surface area contributed by atoms with Crippen LogP contribution in [-0.2, 0) is 9.53 Å². The second kappa shape index (κ2) is 6.66. The number of hydrogen-bond donors (Lipinski definition) is 1. The van der Waals surface area contributed by atoms with Crippen molar-refractivity contribution < 1.29 is 19.4 Å². The molecule has 0 saturated carbocycles. The molecule has 1 aliphatic carbocycles. The van der Waals surface area contributed by atoms with E-state index in [4.69, 9.17) is 4.74 Å². The highest BCUT2D eigenvalue weighted by molar-refractivity contribution is 5.79. The molecule has 28 heavy (non-hydrogen) atoms. The normalized spacial score (nSPS) is 25.3. The van der Waals surface area contributed by atoms with Gasteiger partial charge in [0, 0.05) is 18.0 Å². The average Bonchev–Trinajstić information content (AvgIpc) is 3.19. The van der Waals surface area contributed by atoms with Crippen molar-refractivity contribution in [1.29, 1.82) is 0 Å². The number of amides is 1. The standard InChI is InChI=1S/C23H23NO4/c25-22(26)19-11-9-14-10-12-21(19)24(14)23(27)28-13-20-17-7-3-1-5-15(17)16-6-2-4-8-18(16)20/h1-8,14,19-21H,9-13H2,(H,25,26)/t14-,19-,21-/m1/s1. The van der Waals surface area contributed by atoms with Gasteiger partial charge in [0.2, 0.25) is 0 Å². The number of carbonyl (C=O) groups excluding carboxylic acids is 1. The number of fused-ring (bicyclic) bond motifs is 5. The lowest BCUT2D eigenvalue weighted by Gasteiger charge is -2.37. The topological polar surface area (TPSA) is 66.8 Å². The third kappa shape index (κ3) is 2.60. The number of ether oxygens (including phenoxy) is 1. The summed E-state index contributed by atoms with van der Waals surface area (Å²) in [7, 11) is 0. The zero-order valence-electron chi connectivity index (χ0n) is 15.6. The van der Waals surface area contributed by atoms with Gasteiger partial charge in [-0.05, 0) is 47.9 Å². The van der Waals surface area contributed by atoms with Gasteiger partial charge < -0.3 is 14.7 Å². The minimum Gasteiger partial charge on any atom is -0.481 e. The van der Waals surface area contributed by atoms with Crippen molar-refractivity contribution in [2.24, 2.45) is 5.92 Å². The number of hydrogen-bond acceptors (Lipinski definition) is 3. The Morgan fingerprint density at radius 1 is 0.929 bits per heavy atom. The van der Waals surface area contributed by atoms with Crippen LogP contribution < -0.4 is 0 Å². The van der Waals surface area contributed by atoms with E-state index in [2.05, 4.69) is 24.3 Å². The Morgan fingerprint density at radius 2 is 1.54 bits per heavy atom. The molecule has 2 bridgehead atoms. The Kier molecular flexibility index (Phi) is 4.11. The van der Waals surface area contributed by atoms with Crippen LogP contribution in [0.4, 0.5) is 4.79 Å². The third-order valence-corrected chi connectivity index (χ3v) is 6.69. The highest BCUT2D eigenvalue weighted by Gasteiger charge is 2.48. The van der Waals surface area contributed by atoms with E-state index in [0.717, 1.165) is 19.3 Å². The van der Waals surface area contributed by atoms with Crippen LogP contribution in [0.1, 0.15) is 42.7 Å². The quantitative estimate of drug-likeness (QED) is 0.868. The van der Waals surface area contributed by atoms with E-state index in [9.17, 15) is 14.7 Å². The fourth-order valence-electron chi connectivity index (χ4n) is 5.40. The number of carboxylic acid groups (broad SMARTS) is 1. The van der Waals surface area contributed by atoms with Gasteiger partial charge in [-0.3, -0.25) is 4.79 Å². The molecule has 2 aromatic rings. The van der Waals surface area contributed by atoms with Crippen LogP contribution in [0.25, 0.3) is 11.1 Å². The van der Waals surface area contributed by atoms with E-state index in [1.165, 1.54) is 22.3 Å². The van der Waals surface area contributed by atoms with Crippen LogP contribution in [0.15, 0.2) is 48.5 Å². The van der Waals surface area contributed by atoms with Crippen LogP contribution in [-0.4, -0.2) is 40.8 Å². The molecule has 5 heteroatoms. The number of carbonyl (C=O) groups is 2. The first-order valence-corrected chi connectivity index (χ1v) is 10.0. The lowest BCUT2D eigenvalue weighted by molar-refractivity contribution is -0.145. The van der Waals surface area contributed by atoms with Crippen molar-refractivity contribution in [2.75, 3.05) is 6.61 Å². The van der Waals surface area contributed by atoms with E-state index >= 15 is 0 Å². The Balaban J connectivity index is 1.36. The molecule has 2 saturated heterocycles. The second-order valence-electron chi connectivity index (χ2n) is 8.03. The molecule has 2 fully saturated rings. The molecule has 0 aromatic heterocycles. The first-order chi connectivity index (χ1) is 13.6. The predicted molar refractivity (Wildman–Crippen MR) is 104 cm³/mol. The van der Waals surface area contributed by atoms with Gasteiger partial charge in [0.1, 0.15) is 6.61 Å². The molecule has 5 rings (SSSR count). The number of carboxylic acids is 1.